The third-order valence-electron chi connectivity index (χ3n) is 6.22. The number of carbonyl (C=O) groups is 1. The van der Waals surface area contributed by atoms with Crippen molar-refractivity contribution in [2.45, 2.75) is 70.7 Å². The van der Waals surface area contributed by atoms with E-state index in [4.69, 9.17) is 4.74 Å². The number of nitrogens with zero attached hydrogens (tertiary/aromatic N) is 1. The van der Waals surface area contributed by atoms with Crippen molar-refractivity contribution in [1.82, 2.24) is 4.90 Å². The van der Waals surface area contributed by atoms with Crippen LogP contribution in [0.2, 0.25) is 0 Å². The third-order valence-corrected chi connectivity index (χ3v) is 6.22. The Hall–Kier alpha value is -2.13. The van der Waals surface area contributed by atoms with E-state index in [0.717, 1.165) is 30.7 Å². The first-order valence-corrected chi connectivity index (χ1v) is 10.7. The van der Waals surface area contributed by atoms with E-state index in [1.54, 1.807) is 0 Å². The van der Waals surface area contributed by atoms with Crippen LogP contribution >= 0.6 is 0 Å². The number of ether oxygens (including phenoxy) is 1. The van der Waals surface area contributed by atoms with Gasteiger partial charge in [-0.25, -0.2) is 0 Å². The monoisotopic (exact) mass is 377 g/mol. The van der Waals surface area contributed by atoms with E-state index in [1.165, 1.54) is 24.8 Å². The molecule has 4 rings (SSSR count). The molecule has 2 saturated heterocycles. The Morgan fingerprint density at radius 2 is 1.64 bits per heavy atom. The molecular weight excluding hydrogens is 346 g/mol. The molecule has 0 radical (unpaired) electrons. The summed E-state index contributed by atoms with van der Waals surface area (Å²) in [5, 5.41) is 0. The van der Waals surface area contributed by atoms with E-state index >= 15 is 0 Å². The lowest BCUT2D eigenvalue weighted by Crippen LogP contribution is -2.52. The second kappa shape index (κ2) is 8.48. The van der Waals surface area contributed by atoms with Crippen molar-refractivity contribution in [3.05, 3.63) is 65.7 Å². The van der Waals surface area contributed by atoms with Crippen LogP contribution in [0.3, 0.4) is 0 Å². The van der Waals surface area contributed by atoms with Gasteiger partial charge in [-0.2, -0.15) is 0 Å². The van der Waals surface area contributed by atoms with Gasteiger partial charge in [-0.05, 0) is 69.4 Å². The predicted octanol–water partition coefficient (Wildman–Crippen LogP) is 5.49. The molecule has 2 heterocycles. The standard InChI is InChI=1S/C25H31NO2/c1-18(2)28-24-13-11-20(12-14-24)25(27)21-15-22-9-6-10-23(16-21)26(22)17-19-7-4-3-5-8-19/h3-5,7-8,11-14,18,21-23H,6,9-10,15-17H2,1-2H3. The Balaban J connectivity index is 1.44. The smallest absolute Gasteiger partial charge is 0.166 e. The van der Waals surface area contributed by atoms with Crippen molar-refractivity contribution in [2.75, 3.05) is 0 Å². The summed E-state index contributed by atoms with van der Waals surface area (Å²) in [6.45, 7) is 5.04. The minimum atomic E-state index is 0.148. The van der Waals surface area contributed by atoms with Crippen LogP contribution in [0.5, 0.6) is 5.75 Å². The maximum absolute atomic E-state index is 13.2. The number of rotatable bonds is 6. The first-order chi connectivity index (χ1) is 13.6. The van der Waals surface area contributed by atoms with Gasteiger partial charge in [-0.3, -0.25) is 9.69 Å². The summed E-state index contributed by atoms with van der Waals surface area (Å²) in [6.07, 6.45) is 5.86. The van der Waals surface area contributed by atoms with Crippen molar-refractivity contribution in [3.63, 3.8) is 0 Å². The number of Topliss-reactive ketones (excluding diaryl/α,β-unsaturated/α-hetero) is 1. The summed E-state index contributed by atoms with van der Waals surface area (Å²) in [7, 11) is 0. The lowest BCUT2D eigenvalue weighted by Gasteiger charge is -2.48. The van der Waals surface area contributed by atoms with Gasteiger partial charge in [-0.15, -0.1) is 0 Å². The van der Waals surface area contributed by atoms with Crippen molar-refractivity contribution >= 4 is 5.78 Å². The van der Waals surface area contributed by atoms with Gasteiger partial charge in [0.05, 0.1) is 6.10 Å². The number of hydrogen-bond acceptors (Lipinski definition) is 3. The molecule has 3 heteroatoms. The summed E-state index contributed by atoms with van der Waals surface area (Å²) in [4.78, 5) is 15.8. The molecule has 2 aliphatic heterocycles. The zero-order valence-corrected chi connectivity index (χ0v) is 17.0. The molecule has 3 nitrogen and oxygen atoms in total. The van der Waals surface area contributed by atoms with Crippen LogP contribution in [0.15, 0.2) is 54.6 Å². The highest BCUT2D eigenvalue weighted by Crippen LogP contribution is 2.39. The van der Waals surface area contributed by atoms with E-state index in [2.05, 4.69) is 35.2 Å². The minimum Gasteiger partial charge on any atom is -0.491 e. The fourth-order valence-corrected chi connectivity index (χ4v) is 4.95. The number of ketones is 1. The summed E-state index contributed by atoms with van der Waals surface area (Å²) < 4.78 is 5.71. The van der Waals surface area contributed by atoms with Gasteiger partial charge in [0, 0.05) is 30.1 Å². The summed E-state index contributed by atoms with van der Waals surface area (Å²) in [6, 6.07) is 19.5. The number of piperidine rings is 2. The number of fused-ring (bicyclic) bond motifs is 2. The fraction of sp³-hybridized carbons (Fsp3) is 0.480. The molecule has 0 saturated carbocycles. The molecule has 2 bridgehead atoms. The molecule has 0 spiro atoms. The molecule has 0 N–H and O–H groups in total. The average molecular weight is 378 g/mol. The maximum Gasteiger partial charge on any atom is 0.166 e. The summed E-state index contributed by atoms with van der Waals surface area (Å²) in [5.41, 5.74) is 2.21. The molecule has 2 aromatic carbocycles. The second-order valence-electron chi connectivity index (χ2n) is 8.62. The number of benzene rings is 2. The van der Waals surface area contributed by atoms with E-state index in [9.17, 15) is 4.79 Å². The molecule has 0 aliphatic carbocycles. The Kier molecular flexibility index (Phi) is 5.82. The van der Waals surface area contributed by atoms with Crippen molar-refractivity contribution < 1.29 is 9.53 Å². The zero-order chi connectivity index (χ0) is 19.5. The Bertz CT molecular complexity index is 770. The zero-order valence-electron chi connectivity index (χ0n) is 17.0. The highest BCUT2D eigenvalue weighted by Gasteiger charge is 2.40. The fourth-order valence-electron chi connectivity index (χ4n) is 4.95. The van der Waals surface area contributed by atoms with Crippen LogP contribution in [-0.2, 0) is 6.54 Å². The van der Waals surface area contributed by atoms with Gasteiger partial charge < -0.3 is 4.74 Å². The maximum atomic E-state index is 13.2. The molecule has 2 aliphatic rings. The quantitative estimate of drug-likeness (QED) is 0.624. The molecule has 2 unspecified atom stereocenters. The molecule has 28 heavy (non-hydrogen) atoms. The third kappa shape index (κ3) is 4.30. The molecular formula is C25H31NO2. The molecule has 2 atom stereocenters. The van der Waals surface area contributed by atoms with Crippen molar-refractivity contribution in [2.24, 2.45) is 5.92 Å². The summed E-state index contributed by atoms with van der Waals surface area (Å²) in [5.74, 6) is 1.30. The van der Waals surface area contributed by atoms with Gasteiger partial charge in [0.2, 0.25) is 0 Å². The highest BCUT2D eigenvalue weighted by atomic mass is 16.5. The SMILES string of the molecule is CC(C)Oc1ccc(C(=O)C2CC3CCCC(C2)N3Cc2ccccc2)cc1. The van der Waals surface area contributed by atoms with Crippen molar-refractivity contribution in [1.29, 1.82) is 0 Å². The molecule has 2 fully saturated rings. The Morgan fingerprint density at radius 3 is 2.25 bits per heavy atom. The normalized spacial score (nSPS) is 24.9. The number of hydrogen-bond donors (Lipinski definition) is 0. The van der Waals surface area contributed by atoms with Crippen molar-refractivity contribution in [3.8, 4) is 5.75 Å². The van der Waals surface area contributed by atoms with E-state index in [1.807, 2.05) is 38.1 Å². The van der Waals surface area contributed by atoms with Crippen LogP contribution < -0.4 is 4.74 Å². The van der Waals surface area contributed by atoms with Crippen LogP contribution in [0.1, 0.15) is 61.9 Å². The first-order valence-electron chi connectivity index (χ1n) is 10.7. The van der Waals surface area contributed by atoms with Gasteiger partial charge in [0.15, 0.2) is 5.78 Å². The highest BCUT2D eigenvalue weighted by molar-refractivity contribution is 5.98. The molecule has 2 aromatic rings. The molecule has 148 valence electrons. The average Bonchev–Trinajstić information content (AvgIpc) is 2.68. The minimum absolute atomic E-state index is 0.148. The van der Waals surface area contributed by atoms with E-state index in [0.29, 0.717) is 17.9 Å². The van der Waals surface area contributed by atoms with Crippen LogP contribution in [0, 0.1) is 5.92 Å². The van der Waals surface area contributed by atoms with Gasteiger partial charge in [-0.1, -0.05) is 36.8 Å². The Labute approximate surface area is 168 Å². The molecule has 0 amide bonds. The van der Waals surface area contributed by atoms with Crippen LogP contribution in [0.4, 0.5) is 0 Å². The largest absolute Gasteiger partial charge is 0.491 e. The van der Waals surface area contributed by atoms with E-state index in [-0.39, 0.29) is 12.0 Å². The van der Waals surface area contributed by atoms with Crippen LogP contribution in [-0.4, -0.2) is 28.9 Å². The predicted molar refractivity (Wildman–Crippen MR) is 113 cm³/mol. The van der Waals surface area contributed by atoms with E-state index < -0.39 is 0 Å². The van der Waals surface area contributed by atoms with Gasteiger partial charge >= 0.3 is 0 Å². The Morgan fingerprint density at radius 1 is 1.00 bits per heavy atom. The first kappa shape index (κ1) is 19.2. The van der Waals surface area contributed by atoms with Gasteiger partial charge in [0.1, 0.15) is 5.75 Å². The molecule has 0 aromatic heterocycles. The second-order valence-corrected chi connectivity index (χ2v) is 8.62. The lowest BCUT2D eigenvalue weighted by molar-refractivity contribution is 0.00906. The number of carbonyl (C=O) groups excluding carboxylic acids is 1. The summed E-state index contributed by atoms with van der Waals surface area (Å²) >= 11 is 0. The topological polar surface area (TPSA) is 29.5 Å². The lowest BCUT2D eigenvalue weighted by atomic mass is 9.75. The van der Waals surface area contributed by atoms with Gasteiger partial charge in [0.25, 0.3) is 0 Å². The van der Waals surface area contributed by atoms with Crippen LogP contribution in [0.25, 0.3) is 0 Å².